The van der Waals surface area contributed by atoms with E-state index in [0.717, 1.165) is 85.1 Å². The van der Waals surface area contributed by atoms with E-state index in [-0.39, 0.29) is 10.6 Å². The van der Waals surface area contributed by atoms with Crippen molar-refractivity contribution in [3.05, 3.63) is 88.6 Å². The summed E-state index contributed by atoms with van der Waals surface area (Å²) in [7, 11) is 0.294. The molecule has 2 aliphatic rings. The molecular formula is C34H41N5O3S. The van der Waals surface area contributed by atoms with Gasteiger partial charge in [-0.05, 0) is 118 Å². The fraction of sp³-hybridized carbons (Fsp3) is 0.412. The molecule has 4 aromatic rings. The summed E-state index contributed by atoms with van der Waals surface area (Å²) in [6.07, 6.45) is 3.12. The van der Waals surface area contributed by atoms with E-state index < -0.39 is 9.84 Å². The highest BCUT2D eigenvalue weighted by Crippen LogP contribution is 2.37. The van der Waals surface area contributed by atoms with E-state index in [0.29, 0.717) is 11.9 Å². The van der Waals surface area contributed by atoms with Crippen LogP contribution in [0.5, 0.6) is 5.75 Å². The van der Waals surface area contributed by atoms with Crippen LogP contribution in [0.4, 0.5) is 0 Å². The van der Waals surface area contributed by atoms with Gasteiger partial charge < -0.3 is 14.2 Å². The van der Waals surface area contributed by atoms with E-state index in [1.807, 2.05) is 38.1 Å². The van der Waals surface area contributed by atoms with Crippen molar-refractivity contribution in [1.29, 1.82) is 0 Å². The van der Waals surface area contributed by atoms with Gasteiger partial charge >= 0.3 is 0 Å². The van der Waals surface area contributed by atoms with Crippen LogP contribution in [0, 0.1) is 20.8 Å². The largest absolute Gasteiger partial charge is 0.496 e. The monoisotopic (exact) mass is 599 g/mol. The molecule has 1 aliphatic heterocycles. The van der Waals surface area contributed by atoms with Crippen molar-refractivity contribution in [3.8, 4) is 22.7 Å². The molecule has 2 aromatic heterocycles. The lowest BCUT2D eigenvalue weighted by Crippen LogP contribution is -2.50. The van der Waals surface area contributed by atoms with Crippen molar-refractivity contribution >= 4 is 9.84 Å². The number of nitrogens with zero attached hydrogens (tertiary/aromatic N) is 5. The first-order valence-electron chi connectivity index (χ1n) is 15.1. The minimum Gasteiger partial charge on any atom is -0.496 e. The number of hydrogen-bond donors (Lipinski definition) is 0. The second-order valence-corrected chi connectivity index (χ2v) is 14.1. The summed E-state index contributed by atoms with van der Waals surface area (Å²) >= 11 is 0. The maximum Gasteiger partial charge on any atom is 0.185 e. The molecule has 1 fully saturated rings. The average Bonchev–Trinajstić information content (AvgIpc) is 3.35. The average molecular weight is 600 g/mol. The number of aryl methyl sites for hydroxylation is 3. The minimum atomic E-state index is -3.61. The van der Waals surface area contributed by atoms with Gasteiger partial charge in [-0.1, -0.05) is 0 Å². The fourth-order valence-electron chi connectivity index (χ4n) is 6.67. The Morgan fingerprint density at radius 2 is 1.60 bits per heavy atom. The number of benzene rings is 2. The molecule has 0 spiro atoms. The smallest absolute Gasteiger partial charge is 0.185 e. The van der Waals surface area contributed by atoms with Crippen LogP contribution in [0.2, 0.25) is 0 Å². The molecule has 0 radical (unpaired) electrons. The second-order valence-electron chi connectivity index (χ2n) is 12.1. The number of hydrogen-bond acceptors (Lipinski definition) is 7. The Bertz CT molecular complexity index is 1720. The Labute approximate surface area is 255 Å². The predicted octanol–water partition coefficient (Wildman–Crippen LogP) is 4.95. The quantitative estimate of drug-likeness (QED) is 0.298. The van der Waals surface area contributed by atoms with E-state index in [9.17, 15) is 8.42 Å². The van der Waals surface area contributed by atoms with Gasteiger partial charge in [0.05, 0.1) is 17.7 Å². The lowest BCUT2D eigenvalue weighted by Gasteiger charge is -2.39. The first-order chi connectivity index (χ1) is 20.6. The molecule has 1 unspecified atom stereocenters. The first-order valence-corrected chi connectivity index (χ1v) is 16.7. The molecule has 226 valence electrons. The zero-order chi connectivity index (χ0) is 30.3. The fourth-order valence-corrected chi connectivity index (χ4v) is 7.86. The Hall–Kier alpha value is -3.53. The van der Waals surface area contributed by atoms with Gasteiger partial charge in [0, 0.05) is 55.0 Å². The van der Waals surface area contributed by atoms with Crippen molar-refractivity contribution in [1.82, 2.24) is 24.3 Å². The summed E-state index contributed by atoms with van der Waals surface area (Å²) in [5.41, 5.74) is 8.50. The van der Waals surface area contributed by atoms with Gasteiger partial charge in [-0.3, -0.25) is 4.90 Å². The predicted molar refractivity (Wildman–Crippen MR) is 170 cm³/mol. The highest BCUT2D eigenvalue weighted by atomic mass is 32.2. The molecule has 9 heteroatoms. The summed E-state index contributed by atoms with van der Waals surface area (Å²) in [6, 6.07) is 18.4. The van der Waals surface area contributed by atoms with E-state index in [2.05, 4.69) is 56.5 Å². The maximum absolute atomic E-state index is 13.3. The topological polar surface area (TPSA) is 80.6 Å². The van der Waals surface area contributed by atoms with E-state index in [1.165, 1.54) is 11.3 Å². The van der Waals surface area contributed by atoms with E-state index in [1.54, 1.807) is 19.2 Å². The van der Waals surface area contributed by atoms with E-state index >= 15 is 0 Å². The summed E-state index contributed by atoms with van der Waals surface area (Å²) in [6.45, 7) is 10.2. The number of likely N-dealkylation sites (N-methyl/N-ethyl adjacent to an activating group) is 1. The Balaban J connectivity index is 1.35. The van der Waals surface area contributed by atoms with Crippen LogP contribution in [0.25, 0.3) is 16.9 Å². The molecule has 6 rings (SSSR count). The second kappa shape index (κ2) is 11.9. The van der Waals surface area contributed by atoms with Gasteiger partial charge in [-0.2, -0.15) is 0 Å². The minimum absolute atomic E-state index is 0.224. The summed E-state index contributed by atoms with van der Waals surface area (Å²) in [4.78, 5) is 14.0. The molecule has 2 aromatic carbocycles. The molecule has 8 nitrogen and oxygen atoms in total. The van der Waals surface area contributed by atoms with Crippen LogP contribution in [0.3, 0.4) is 0 Å². The molecule has 0 amide bonds. The number of aromatic nitrogens is 3. The van der Waals surface area contributed by atoms with Crippen molar-refractivity contribution in [2.24, 2.45) is 0 Å². The molecule has 0 saturated carbocycles. The third-order valence-electron chi connectivity index (χ3n) is 8.91. The SMILES string of the molecule is COc1ccc(-c2cc3c(n2-c2ccc(S(=O)(=O)Cc4nc(C)cc(C)n4)cc2)CCC(N2CCN(C)CC2)C3)cc1C. The molecule has 0 N–H and O–H groups in total. The normalized spacial score (nSPS) is 18.0. The van der Waals surface area contributed by atoms with E-state index in [4.69, 9.17) is 4.74 Å². The summed E-state index contributed by atoms with van der Waals surface area (Å²) in [5, 5.41) is 0. The zero-order valence-electron chi connectivity index (χ0n) is 25.8. The Morgan fingerprint density at radius 3 is 2.26 bits per heavy atom. The van der Waals surface area contributed by atoms with Gasteiger partial charge in [-0.25, -0.2) is 18.4 Å². The van der Waals surface area contributed by atoms with Crippen LogP contribution in [-0.4, -0.2) is 79.1 Å². The number of rotatable bonds is 7. The lowest BCUT2D eigenvalue weighted by molar-refractivity contribution is 0.103. The molecule has 1 atom stereocenters. The number of methoxy groups -OCH3 is 1. The van der Waals surface area contributed by atoms with Gasteiger partial charge in [0.2, 0.25) is 0 Å². The number of piperazine rings is 1. The highest BCUT2D eigenvalue weighted by Gasteiger charge is 2.30. The molecule has 1 aliphatic carbocycles. The molecule has 0 bridgehead atoms. The van der Waals surface area contributed by atoms with Crippen LogP contribution >= 0.6 is 0 Å². The van der Waals surface area contributed by atoms with Crippen molar-refractivity contribution < 1.29 is 13.2 Å². The lowest BCUT2D eigenvalue weighted by atomic mass is 9.91. The summed E-state index contributed by atoms with van der Waals surface area (Å²) in [5.74, 6) is 0.967. The van der Waals surface area contributed by atoms with Crippen LogP contribution in [0.1, 0.15) is 40.5 Å². The molecule has 1 saturated heterocycles. The molecule has 43 heavy (non-hydrogen) atoms. The molecular weight excluding hydrogens is 558 g/mol. The van der Waals surface area contributed by atoms with Crippen LogP contribution in [0.15, 0.2) is 59.5 Å². The third-order valence-corrected chi connectivity index (χ3v) is 10.5. The van der Waals surface area contributed by atoms with Gasteiger partial charge in [-0.15, -0.1) is 0 Å². The van der Waals surface area contributed by atoms with Crippen molar-refractivity contribution in [2.45, 2.75) is 56.7 Å². The summed E-state index contributed by atoms with van der Waals surface area (Å²) < 4.78 is 34.6. The van der Waals surface area contributed by atoms with Crippen LogP contribution in [-0.2, 0) is 28.4 Å². The number of fused-ring (bicyclic) bond motifs is 1. The standard InChI is InChI=1S/C34H41N5O3S/c1-23-18-26(6-13-33(23)42-5)32-21-27-20-29(38-16-14-37(4)15-17-38)9-12-31(27)39(32)28-7-10-30(11-8-28)43(40,41)22-34-35-24(2)19-25(3)36-34/h6-8,10-11,13,18-19,21,29H,9,12,14-17,20,22H2,1-5H3. The van der Waals surface area contributed by atoms with Crippen molar-refractivity contribution in [2.75, 3.05) is 40.3 Å². The Kier molecular flexibility index (Phi) is 8.15. The van der Waals surface area contributed by atoms with Gasteiger partial charge in [0.25, 0.3) is 0 Å². The van der Waals surface area contributed by atoms with Gasteiger partial charge in [0.1, 0.15) is 17.3 Å². The number of sulfone groups is 1. The number of ether oxygens (including phenoxy) is 1. The molecule has 3 heterocycles. The highest BCUT2D eigenvalue weighted by molar-refractivity contribution is 7.90. The maximum atomic E-state index is 13.3. The Morgan fingerprint density at radius 1 is 0.907 bits per heavy atom. The third kappa shape index (κ3) is 6.12. The zero-order valence-corrected chi connectivity index (χ0v) is 26.6. The van der Waals surface area contributed by atoms with Crippen molar-refractivity contribution in [3.63, 3.8) is 0 Å². The van der Waals surface area contributed by atoms with Crippen LogP contribution < -0.4 is 4.74 Å². The van der Waals surface area contributed by atoms with Gasteiger partial charge in [0.15, 0.2) is 9.84 Å². The first kappa shape index (κ1) is 29.5.